The van der Waals surface area contributed by atoms with E-state index in [9.17, 15) is 0 Å². The van der Waals surface area contributed by atoms with E-state index in [0.29, 0.717) is 5.92 Å². The van der Waals surface area contributed by atoms with E-state index in [1.807, 2.05) is 12.1 Å². The molecular formula is C19H23N5. The van der Waals surface area contributed by atoms with E-state index in [0.717, 1.165) is 54.2 Å². The number of allylic oxidation sites excluding steroid dienone is 2. The highest BCUT2D eigenvalue weighted by molar-refractivity contribution is 6.03. The first-order valence-electron chi connectivity index (χ1n) is 8.27. The Kier molecular flexibility index (Phi) is 4.97. The molecule has 5 nitrogen and oxygen atoms in total. The van der Waals surface area contributed by atoms with Crippen LogP contribution >= 0.6 is 0 Å². The van der Waals surface area contributed by atoms with Crippen LogP contribution in [-0.4, -0.2) is 31.0 Å². The van der Waals surface area contributed by atoms with Crippen LogP contribution < -0.4 is 16.4 Å². The van der Waals surface area contributed by atoms with E-state index in [1.54, 1.807) is 25.6 Å². The lowest BCUT2D eigenvalue weighted by atomic mass is 9.77. The van der Waals surface area contributed by atoms with Crippen LogP contribution in [-0.2, 0) is 0 Å². The average molecular weight is 321 g/mol. The molecule has 3 heterocycles. The first kappa shape index (κ1) is 16.3. The summed E-state index contributed by atoms with van der Waals surface area (Å²) < 4.78 is 0. The highest BCUT2D eigenvalue weighted by Gasteiger charge is 2.34. The molecule has 1 saturated heterocycles. The highest BCUT2D eigenvalue weighted by atomic mass is 15.0. The van der Waals surface area contributed by atoms with E-state index < -0.39 is 0 Å². The SMILES string of the molecule is C#CC1=C(C2CCNCC2)NC(=NC)/C(=C\N)C1c1ccncc1. The number of nitrogens with zero attached hydrogens (tertiary/aromatic N) is 2. The quantitative estimate of drug-likeness (QED) is 0.722. The van der Waals surface area contributed by atoms with Crippen molar-refractivity contribution in [3.8, 4) is 12.3 Å². The number of nitrogens with one attached hydrogen (secondary N) is 2. The summed E-state index contributed by atoms with van der Waals surface area (Å²) in [6.07, 6.45) is 13.3. The van der Waals surface area contributed by atoms with Crippen molar-refractivity contribution in [2.24, 2.45) is 16.6 Å². The number of aromatic nitrogens is 1. The van der Waals surface area contributed by atoms with Gasteiger partial charge in [-0.3, -0.25) is 9.98 Å². The Bertz CT molecular complexity index is 718. The van der Waals surface area contributed by atoms with Crippen molar-refractivity contribution in [1.82, 2.24) is 15.6 Å². The molecule has 3 rings (SSSR count). The minimum atomic E-state index is -0.0761. The van der Waals surface area contributed by atoms with Gasteiger partial charge in [-0.05, 0) is 43.6 Å². The number of piperidine rings is 1. The summed E-state index contributed by atoms with van der Waals surface area (Å²) in [6.45, 7) is 2.01. The van der Waals surface area contributed by atoms with Crippen molar-refractivity contribution in [1.29, 1.82) is 0 Å². The average Bonchev–Trinajstić information content (AvgIpc) is 2.67. The van der Waals surface area contributed by atoms with Crippen molar-refractivity contribution in [2.75, 3.05) is 20.1 Å². The van der Waals surface area contributed by atoms with Crippen molar-refractivity contribution < 1.29 is 0 Å². The van der Waals surface area contributed by atoms with Gasteiger partial charge < -0.3 is 16.4 Å². The lowest BCUT2D eigenvalue weighted by Crippen LogP contribution is -2.40. The summed E-state index contributed by atoms with van der Waals surface area (Å²) in [5.41, 5.74) is 10.0. The van der Waals surface area contributed by atoms with Gasteiger partial charge in [0.15, 0.2) is 0 Å². The van der Waals surface area contributed by atoms with Crippen LogP contribution in [0.2, 0.25) is 0 Å². The van der Waals surface area contributed by atoms with Gasteiger partial charge in [-0.15, -0.1) is 6.42 Å². The second-order valence-corrected chi connectivity index (χ2v) is 6.03. The van der Waals surface area contributed by atoms with Gasteiger partial charge in [0.1, 0.15) is 5.84 Å². The minimum Gasteiger partial charge on any atom is -0.404 e. The molecule has 24 heavy (non-hydrogen) atoms. The van der Waals surface area contributed by atoms with Gasteiger partial charge in [0, 0.05) is 54.3 Å². The maximum Gasteiger partial charge on any atom is 0.130 e. The fourth-order valence-electron chi connectivity index (χ4n) is 3.57. The standard InChI is InChI=1S/C19H23N5/c1-3-15-17(13-4-8-22-9-5-13)16(12-20)19(21-2)24-18(15)14-6-10-23-11-7-14/h1,4-5,8-9,12,14,17,23H,6-7,10-11,20H2,2H3,(H,21,24)/b16-12-. The van der Waals surface area contributed by atoms with Crippen molar-refractivity contribution in [3.05, 3.63) is 53.1 Å². The van der Waals surface area contributed by atoms with Crippen LogP contribution in [0.1, 0.15) is 24.3 Å². The van der Waals surface area contributed by atoms with E-state index in [1.165, 1.54) is 0 Å². The van der Waals surface area contributed by atoms with Crippen molar-refractivity contribution in [2.45, 2.75) is 18.8 Å². The lowest BCUT2D eigenvalue weighted by molar-refractivity contribution is 0.407. The molecule has 0 aliphatic carbocycles. The Labute approximate surface area is 143 Å². The third-order valence-corrected chi connectivity index (χ3v) is 4.76. The number of aliphatic imine (C=N–C) groups is 1. The molecule has 0 radical (unpaired) electrons. The van der Waals surface area contributed by atoms with Gasteiger partial charge in [0.2, 0.25) is 0 Å². The number of pyridine rings is 1. The molecule has 5 heteroatoms. The van der Waals surface area contributed by atoms with E-state index in [-0.39, 0.29) is 5.92 Å². The second kappa shape index (κ2) is 7.33. The molecule has 1 fully saturated rings. The summed E-state index contributed by atoms with van der Waals surface area (Å²) in [5, 5.41) is 6.87. The predicted molar refractivity (Wildman–Crippen MR) is 97.2 cm³/mol. The third kappa shape index (κ3) is 2.93. The van der Waals surface area contributed by atoms with Crippen LogP contribution in [0.15, 0.2) is 52.6 Å². The Balaban J connectivity index is 2.15. The van der Waals surface area contributed by atoms with Gasteiger partial charge in [-0.2, -0.15) is 0 Å². The Morgan fingerprint density at radius 2 is 2.04 bits per heavy atom. The molecule has 124 valence electrons. The van der Waals surface area contributed by atoms with Crippen LogP contribution in [0.3, 0.4) is 0 Å². The molecule has 2 aliphatic heterocycles. The van der Waals surface area contributed by atoms with Crippen molar-refractivity contribution in [3.63, 3.8) is 0 Å². The molecule has 0 bridgehead atoms. The molecule has 2 aliphatic rings. The number of rotatable bonds is 2. The normalized spacial score (nSPS) is 25.6. The fourth-order valence-corrected chi connectivity index (χ4v) is 3.57. The highest BCUT2D eigenvalue weighted by Crippen LogP contribution is 2.39. The smallest absolute Gasteiger partial charge is 0.130 e. The summed E-state index contributed by atoms with van der Waals surface area (Å²) in [6, 6.07) is 3.98. The zero-order chi connectivity index (χ0) is 16.9. The molecule has 0 amide bonds. The monoisotopic (exact) mass is 321 g/mol. The number of amidine groups is 1. The topological polar surface area (TPSA) is 75.3 Å². The molecule has 0 saturated carbocycles. The van der Waals surface area contributed by atoms with Gasteiger partial charge in [0.05, 0.1) is 0 Å². The van der Waals surface area contributed by atoms with Crippen molar-refractivity contribution >= 4 is 5.84 Å². The maximum atomic E-state index is 5.94. The zero-order valence-electron chi connectivity index (χ0n) is 13.9. The Hall–Kier alpha value is -2.58. The van der Waals surface area contributed by atoms with Crippen LogP contribution in [0, 0.1) is 18.3 Å². The third-order valence-electron chi connectivity index (χ3n) is 4.76. The van der Waals surface area contributed by atoms with E-state index in [4.69, 9.17) is 12.2 Å². The Morgan fingerprint density at radius 1 is 1.33 bits per heavy atom. The fraction of sp³-hybridized carbons (Fsp3) is 0.368. The number of nitrogens with two attached hydrogens (primary N) is 1. The largest absolute Gasteiger partial charge is 0.404 e. The molecule has 4 N–H and O–H groups in total. The van der Waals surface area contributed by atoms with Gasteiger partial charge in [0.25, 0.3) is 0 Å². The molecule has 0 aromatic carbocycles. The summed E-state index contributed by atoms with van der Waals surface area (Å²) >= 11 is 0. The molecule has 1 atom stereocenters. The summed E-state index contributed by atoms with van der Waals surface area (Å²) in [4.78, 5) is 8.53. The van der Waals surface area contributed by atoms with E-state index in [2.05, 4.69) is 26.5 Å². The van der Waals surface area contributed by atoms with Gasteiger partial charge >= 0.3 is 0 Å². The van der Waals surface area contributed by atoms with Crippen LogP contribution in [0.25, 0.3) is 0 Å². The zero-order valence-corrected chi connectivity index (χ0v) is 13.9. The van der Waals surface area contributed by atoms with Gasteiger partial charge in [-0.25, -0.2) is 0 Å². The maximum absolute atomic E-state index is 5.94. The molecular weight excluding hydrogens is 298 g/mol. The number of hydrogen-bond donors (Lipinski definition) is 3. The Morgan fingerprint density at radius 3 is 2.62 bits per heavy atom. The molecule has 0 spiro atoms. The van der Waals surface area contributed by atoms with Crippen LogP contribution in [0.4, 0.5) is 0 Å². The van der Waals surface area contributed by atoms with E-state index >= 15 is 0 Å². The molecule has 1 aromatic rings. The van der Waals surface area contributed by atoms with Crippen LogP contribution in [0.5, 0.6) is 0 Å². The number of hydrogen-bond acceptors (Lipinski definition) is 4. The first-order valence-corrected chi connectivity index (χ1v) is 8.27. The van der Waals surface area contributed by atoms with Gasteiger partial charge in [-0.1, -0.05) is 5.92 Å². The molecule has 1 aromatic heterocycles. The minimum absolute atomic E-state index is 0.0761. The number of terminal acetylenes is 1. The second-order valence-electron chi connectivity index (χ2n) is 6.03. The lowest BCUT2D eigenvalue weighted by Gasteiger charge is -2.35. The predicted octanol–water partition coefficient (Wildman–Crippen LogP) is 1.53. The first-order chi connectivity index (χ1) is 11.8. The summed E-state index contributed by atoms with van der Waals surface area (Å²) in [5.74, 6) is 4.07. The molecule has 1 unspecified atom stereocenters. The summed E-state index contributed by atoms with van der Waals surface area (Å²) in [7, 11) is 1.77.